The van der Waals surface area contributed by atoms with Crippen LogP contribution in [0.4, 0.5) is 0 Å². The minimum atomic E-state index is 0.254. The van der Waals surface area contributed by atoms with E-state index >= 15 is 0 Å². The van der Waals surface area contributed by atoms with Gasteiger partial charge in [-0.2, -0.15) is 0 Å². The Morgan fingerprint density at radius 2 is 1.94 bits per heavy atom. The first-order valence-corrected chi connectivity index (χ1v) is 7.66. The van der Waals surface area contributed by atoms with Gasteiger partial charge in [0.15, 0.2) is 0 Å². The maximum atomic E-state index is 11.9. The second kappa shape index (κ2) is 9.37. The molecule has 1 N–H and O–H groups in total. The van der Waals surface area contributed by atoms with Crippen LogP contribution in [0.1, 0.15) is 64.7 Å². The minimum absolute atomic E-state index is 0.254. The molecule has 1 amide bonds. The molecule has 0 saturated carbocycles. The lowest BCUT2D eigenvalue weighted by atomic mass is 10.1. The number of aliphatic hydroxyl groups is 1. The first kappa shape index (κ1) is 15.5. The van der Waals surface area contributed by atoms with E-state index in [2.05, 4.69) is 6.92 Å². The normalized spacial score (nSPS) is 19.4. The van der Waals surface area contributed by atoms with E-state index < -0.39 is 0 Å². The summed E-state index contributed by atoms with van der Waals surface area (Å²) in [4.78, 5) is 13.9. The van der Waals surface area contributed by atoms with Crippen molar-refractivity contribution >= 4 is 5.91 Å². The van der Waals surface area contributed by atoms with E-state index in [0.29, 0.717) is 11.8 Å². The van der Waals surface area contributed by atoms with Crippen LogP contribution in [0.25, 0.3) is 0 Å². The van der Waals surface area contributed by atoms with Gasteiger partial charge in [0.2, 0.25) is 5.91 Å². The summed E-state index contributed by atoms with van der Waals surface area (Å²) >= 11 is 0. The lowest BCUT2D eigenvalue weighted by molar-refractivity contribution is -0.130. The van der Waals surface area contributed by atoms with Crippen molar-refractivity contribution in [2.75, 3.05) is 19.7 Å². The lowest BCUT2D eigenvalue weighted by Gasteiger charge is -2.16. The Labute approximate surface area is 112 Å². The van der Waals surface area contributed by atoms with Crippen LogP contribution in [-0.4, -0.2) is 35.6 Å². The van der Waals surface area contributed by atoms with E-state index in [-0.39, 0.29) is 6.61 Å². The third kappa shape index (κ3) is 5.85. The predicted octanol–water partition coefficient (Wildman–Crippen LogP) is 2.97. The maximum Gasteiger partial charge on any atom is 0.222 e. The molecule has 1 aliphatic rings. The Morgan fingerprint density at radius 1 is 1.22 bits per heavy atom. The van der Waals surface area contributed by atoms with Crippen molar-refractivity contribution in [2.24, 2.45) is 5.92 Å². The molecule has 1 unspecified atom stereocenters. The summed E-state index contributed by atoms with van der Waals surface area (Å²) in [5.74, 6) is 0.856. The molecular weight excluding hydrogens is 226 g/mol. The number of carbonyl (C=O) groups is 1. The van der Waals surface area contributed by atoms with Crippen LogP contribution in [0.15, 0.2) is 0 Å². The first-order valence-electron chi connectivity index (χ1n) is 7.66. The zero-order valence-electron chi connectivity index (χ0n) is 11.9. The smallest absolute Gasteiger partial charge is 0.222 e. The molecule has 1 fully saturated rings. The molecule has 1 rings (SSSR count). The Kier molecular flexibility index (Phi) is 8.06. The largest absolute Gasteiger partial charge is 0.396 e. The quantitative estimate of drug-likeness (QED) is 0.643. The van der Waals surface area contributed by atoms with Gasteiger partial charge in [-0.05, 0) is 25.2 Å². The molecule has 1 aliphatic heterocycles. The highest BCUT2D eigenvalue weighted by molar-refractivity contribution is 5.76. The van der Waals surface area contributed by atoms with Crippen molar-refractivity contribution in [1.82, 2.24) is 4.90 Å². The van der Waals surface area contributed by atoms with Crippen molar-refractivity contribution < 1.29 is 9.90 Å². The van der Waals surface area contributed by atoms with Crippen LogP contribution in [0, 0.1) is 5.92 Å². The van der Waals surface area contributed by atoms with E-state index in [0.717, 1.165) is 38.8 Å². The molecule has 1 saturated heterocycles. The molecule has 0 aromatic carbocycles. The number of likely N-dealkylation sites (tertiary alicyclic amines) is 1. The summed E-state index contributed by atoms with van der Waals surface area (Å²) in [6.07, 6.45) is 10.1. The average molecular weight is 255 g/mol. The first-order chi connectivity index (χ1) is 8.77. The molecule has 0 radical (unpaired) electrons. The van der Waals surface area contributed by atoms with E-state index in [9.17, 15) is 4.79 Å². The van der Waals surface area contributed by atoms with Gasteiger partial charge in [-0.1, -0.05) is 39.0 Å². The summed E-state index contributed by atoms with van der Waals surface area (Å²) in [6.45, 7) is 4.25. The van der Waals surface area contributed by atoms with E-state index in [4.69, 9.17) is 5.11 Å². The van der Waals surface area contributed by atoms with Crippen LogP contribution >= 0.6 is 0 Å². The molecule has 0 aliphatic carbocycles. The van der Waals surface area contributed by atoms with Crippen LogP contribution in [0.3, 0.4) is 0 Å². The van der Waals surface area contributed by atoms with Crippen molar-refractivity contribution in [1.29, 1.82) is 0 Å². The number of amides is 1. The second-order valence-electron chi connectivity index (χ2n) is 5.52. The van der Waals surface area contributed by atoms with Crippen LogP contribution < -0.4 is 0 Å². The molecule has 1 atom stereocenters. The maximum absolute atomic E-state index is 11.9. The number of aliphatic hydroxyl groups excluding tert-OH is 1. The topological polar surface area (TPSA) is 40.5 Å². The molecule has 18 heavy (non-hydrogen) atoms. The summed E-state index contributed by atoms with van der Waals surface area (Å²) in [6, 6.07) is 0. The monoisotopic (exact) mass is 255 g/mol. The van der Waals surface area contributed by atoms with Gasteiger partial charge in [0.25, 0.3) is 0 Å². The summed E-state index contributed by atoms with van der Waals surface area (Å²) in [5, 5.41) is 8.89. The van der Waals surface area contributed by atoms with Crippen molar-refractivity contribution in [2.45, 2.75) is 64.7 Å². The lowest BCUT2D eigenvalue weighted by Crippen LogP contribution is -2.28. The van der Waals surface area contributed by atoms with E-state index in [1.807, 2.05) is 4.90 Å². The number of hydrogen-bond acceptors (Lipinski definition) is 2. The van der Waals surface area contributed by atoms with Crippen LogP contribution in [-0.2, 0) is 4.79 Å². The van der Waals surface area contributed by atoms with Crippen molar-refractivity contribution in [3.05, 3.63) is 0 Å². The fraction of sp³-hybridized carbons (Fsp3) is 0.933. The van der Waals surface area contributed by atoms with Crippen molar-refractivity contribution in [3.8, 4) is 0 Å². The minimum Gasteiger partial charge on any atom is -0.396 e. The number of nitrogens with zero attached hydrogens (tertiary/aromatic N) is 1. The molecule has 3 heteroatoms. The highest BCUT2D eigenvalue weighted by Crippen LogP contribution is 2.20. The van der Waals surface area contributed by atoms with Crippen molar-refractivity contribution in [3.63, 3.8) is 0 Å². The van der Waals surface area contributed by atoms with E-state index in [1.54, 1.807) is 0 Å². The number of rotatable bonds is 9. The van der Waals surface area contributed by atoms with Gasteiger partial charge in [-0.25, -0.2) is 0 Å². The van der Waals surface area contributed by atoms with Gasteiger partial charge in [-0.15, -0.1) is 0 Å². The van der Waals surface area contributed by atoms with Gasteiger partial charge in [0.05, 0.1) is 0 Å². The standard InChI is InChI=1S/C15H29NO2/c1-2-3-4-5-6-7-8-15(18)16-11-9-14(13-16)10-12-17/h14,17H,2-13H2,1H3. The molecule has 1 heterocycles. The zero-order valence-corrected chi connectivity index (χ0v) is 11.9. The predicted molar refractivity (Wildman–Crippen MR) is 74.4 cm³/mol. The fourth-order valence-electron chi connectivity index (χ4n) is 2.69. The SMILES string of the molecule is CCCCCCCCC(=O)N1CCC(CCO)C1. The highest BCUT2D eigenvalue weighted by Gasteiger charge is 2.24. The summed E-state index contributed by atoms with van der Waals surface area (Å²) in [7, 11) is 0. The Balaban J connectivity index is 2.03. The van der Waals surface area contributed by atoms with Gasteiger partial charge in [-0.3, -0.25) is 4.79 Å². The molecule has 0 aromatic heterocycles. The highest BCUT2D eigenvalue weighted by atomic mass is 16.3. The number of hydrogen-bond donors (Lipinski definition) is 1. The second-order valence-corrected chi connectivity index (χ2v) is 5.52. The summed E-state index contributed by atoms with van der Waals surface area (Å²) in [5.41, 5.74) is 0. The van der Waals surface area contributed by atoms with Gasteiger partial charge in [0.1, 0.15) is 0 Å². The Bertz CT molecular complexity index is 231. The summed E-state index contributed by atoms with van der Waals surface area (Å²) < 4.78 is 0. The Morgan fingerprint density at radius 3 is 2.67 bits per heavy atom. The molecule has 106 valence electrons. The third-order valence-corrected chi connectivity index (χ3v) is 3.92. The van der Waals surface area contributed by atoms with Gasteiger partial charge in [0, 0.05) is 26.1 Å². The van der Waals surface area contributed by atoms with Gasteiger partial charge < -0.3 is 10.0 Å². The van der Waals surface area contributed by atoms with E-state index in [1.165, 1.54) is 32.1 Å². The number of carbonyl (C=O) groups excluding carboxylic acids is 1. The molecular formula is C15H29NO2. The molecule has 0 aromatic rings. The fourth-order valence-corrected chi connectivity index (χ4v) is 2.69. The molecule has 3 nitrogen and oxygen atoms in total. The average Bonchev–Trinajstić information content (AvgIpc) is 2.82. The van der Waals surface area contributed by atoms with Gasteiger partial charge >= 0.3 is 0 Å². The van der Waals surface area contributed by atoms with Crippen LogP contribution in [0.5, 0.6) is 0 Å². The molecule has 0 spiro atoms. The zero-order chi connectivity index (χ0) is 13.2. The number of unbranched alkanes of at least 4 members (excludes halogenated alkanes) is 5. The Hall–Kier alpha value is -0.570. The molecule has 0 bridgehead atoms. The van der Waals surface area contributed by atoms with Crippen LogP contribution in [0.2, 0.25) is 0 Å². The third-order valence-electron chi connectivity index (χ3n) is 3.92.